The van der Waals surface area contributed by atoms with Crippen molar-refractivity contribution < 1.29 is 4.79 Å². The predicted octanol–water partition coefficient (Wildman–Crippen LogP) is 2.75. The zero-order valence-electron chi connectivity index (χ0n) is 11.1. The van der Waals surface area contributed by atoms with Gasteiger partial charge in [0, 0.05) is 47.2 Å². The Hall–Kier alpha value is -0.520. The Bertz CT molecular complexity index is 424. The highest BCUT2D eigenvalue weighted by Gasteiger charge is 2.22. The summed E-state index contributed by atoms with van der Waals surface area (Å²) in [5.41, 5.74) is 0. The third-order valence-corrected chi connectivity index (χ3v) is 4.76. The number of nitrogens with zero attached hydrogens (tertiary/aromatic N) is 1. The fraction of sp³-hybridized carbons (Fsp3) is 0.500. The SMILES string of the molecule is C[C@@H]1CNCCN1C(=O)CCSc1ccc(Br)cc1. The number of piperazine rings is 1. The van der Waals surface area contributed by atoms with Crippen LogP contribution in [0.3, 0.4) is 0 Å². The molecule has 1 amide bonds. The summed E-state index contributed by atoms with van der Waals surface area (Å²) in [6.45, 7) is 4.76. The van der Waals surface area contributed by atoms with Crippen LogP contribution in [0.15, 0.2) is 33.6 Å². The fourth-order valence-electron chi connectivity index (χ4n) is 2.14. The van der Waals surface area contributed by atoms with Crippen LogP contribution in [-0.2, 0) is 4.79 Å². The highest BCUT2D eigenvalue weighted by Crippen LogP contribution is 2.21. The maximum absolute atomic E-state index is 12.1. The zero-order chi connectivity index (χ0) is 13.7. The molecule has 0 aliphatic carbocycles. The van der Waals surface area contributed by atoms with Crippen LogP contribution < -0.4 is 5.32 Å². The molecule has 3 nitrogen and oxygen atoms in total. The molecule has 104 valence electrons. The molecule has 2 rings (SSSR count). The van der Waals surface area contributed by atoms with Crippen LogP contribution in [0.2, 0.25) is 0 Å². The van der Waals surface area contributed by atoms with Gasteiger partial charge in [0.15, 0.2) is 0 Å². The third kappa shape index (κ3) is 4.51. The summed E-state index contributed by atoms with van der Waals surface area (Å²) < 4.78 is 1.09. The van der Waals surface area contributed by atoms with E-state index in [0.717, 1.165) is 29.9 Å². The van der Waals surface area contributed by atoms with E-state index in [4.69, 9.17) is 0 Å². The molecular formula is C14H19BrN2OS. The Morgan fingerprint density at radius 2 is 2.21 bits per heavy atom. The van der Waals surface area contributed by atoms with E-state index in [1.165, 1.54) is 4.90 Å². The summed E-state index contributed by atoms with van der Waals surface area (Å²) in [5, 5.41) is 3.30. The minimum Gasteiger partial charge on any atom is -0.337 e. The Morgan fingerprint density at radius 1 is 1.47 bits per heavy atom. The molecule has 0 saturated carbocycles. The van der Waals surface area contributed by atoms with Crippen molar-refractivity contribution in [1.82, 2.24) is 10.2 Å². The molecule has 1 heterocycles. The second-order valence-electron chi connectivity index (χ2n) is 4.69. The topological polar surface area (TPSA) is 32.3 Å². The number of nitrogens with one attached hydrogen (secondary N) is 1. The standard InChI is InChI=1S/C14H19BrN2OS/c1-11-10-16-7-8-17(11)14(18)6-9-19-13-4-2-12(15)3-5-13/h2-5,11,16H,6-10H2,1H3/t11-/m1/s1. The van der Waals surface area contributed by atoms with Gasteiger partial charge in [0.1, 0.15) is 0 Å². The number of hydrogen-bond donors (Lipinski definition) is 1. The molecule has 19 heavy (non-hydrogen) atoms. The number of carbonyl (C=O) groups excluding carboxylic acids is 1. The lowest BCUT2D eigenvalue weighted by atomic mass is 10.2. The maximum atomic E-state index is 12.1. The summed E-state index contributed by atoms with van der Waals surface area (Å²) >= 11 is 5.16. The fourth-order valence-corrected chi connectivity index (χ4v) is 3.25. The van der Waals surface area contributed by atoms with Crippen LogP contribution >= 0.6 is 27.7 Å². The molecule has 1 atom stereocenters. The lowest BCUT2D eigenvalue weighted by Gasteiger charge is -2.34. The first-order valence-corrected chi connectivity index (χ1v) is 8.33. The van der Waals surface area contributed by atoms with Gasteiger partial charge < -0.3 is 10.2 Å². The number of hydrogen-bond acceptors (Lipinski definition) is 3. The summed E-state index contributed by atoms with van der Waals surface area (Å²) in [6.07, 6.45) is 0.616. The average molecular weight is 343 g/mol. The van der Waals surface area contributed by atoms with Crippen molar-refractivity contribution in [2.24, 2.45) is 0 Å². The number of amides is 1. The van der Waals surface area contributed by atoms with E-state index in [0.29, 0.717) is 12.5 Å². The summed E-state index contributed by atoms with van der Waals surface area (Å²) in [5.74, 6) is 1.12. The normalized spacial score (nSPS) is 19.5. The van der Waals surface area contributed by atoms with Gasteiger partial charge in [-0.25, -0.2) is 0 Å². The second kappa shape index (κ2) is 7.31. The molecule has 1 aliphatic heterocycles. The van der Waals surface area contributed by atoms with E-state index < -0.39 is 0 Å². The highest BCUT2D eigenvalue weighted by atomic mass is 79.9. The van der Waals surface area contributed by atoms with E-state index in [1.54, 1.807) is 11.8 Å². The van der Waals surface area contributed by atoms with E-state index in [-0.39, 0.29) is 5.91 Å². The van der Waals surface area contributed by atoms with Crippen LogP contribution in [0.4, 0.5) is 0 Å². The molecule has 5 heteroatoms. The van der Waals surface area contributed by atoms with Crippen LogP contribution in [0.1, 0.15) is 13.3 Å². The third-order valence-electron chi connectivity index (χ3n) is 3.22. The number of halogens is 1. The molecular weight excluding hydrogens is 324 g/mol. The van der Waals surface area contributed by atoms with Crippen molar-refractivity contribution in [3.05, 3.63) is 28.7 Å². The van der Waals surface area contributed by atoms with E-state index >= 15 is 0 Å². The van der Waals surface area contributed by atoms with E-state index in [9.17, 15) is 4.79 Å². The first kappa shape index (κ1) is 14.9. The van der Waals surface area contributed by atoms with Crippen molar-refractivity contribution in [2.45, 2.75) is 24.3 Å². The molecule has 1 aliphatic rings. The first-order chi connectivity index (χ1) is 9.16. The van der Waals surface area contributed by atoms with Gasteiger partial charge in [0.2, 0.25) is 5.91 Å². The van der Waals surface area contributed by atoms with Crippen molar-refractivity contribution in [1.29, 1.82) is 0 Å². The Balaban J connectivity index is 1.75. The predicted molar refractivity (Wildman–Crippen MR) is 83.5 cm³/mol. The van der Waals surface area contributed by atoms with Gasteiger partial charge in [-0.1, -0.05) is 15.9 Å². The molecule has 1 N–H and O–H groups in total. The monoisotopic (exact) mass is 342 g/mol. The molecule has 0 spiro atoms. The average Bonchev–Trinajstić information content (AvgIpc) is 2.41. The molecule has 0 radical (unpaired) electrons. The Morgan fingerprint density at radius 3 is 2.89 bits per heavy atom. The minimum absolute atomic E-state index is 0.276. The number of thioether (sulfide) groups is 1. The summed E-state index contributed by atoms with van der Waals surface area (Å²) in [7, 11) is 0. The highest BCUT2D eigenvalue weighted by molar-refractivity contribution is 9.10. The maximum Gasteiger partial charge on any atom is 0.223 e. The Labute approximate surface area is 127 Å². The van der Waals surface area contributed by atoms with Crippen LogP contribution in [0.25, 0.3) is 0 Å². The van der Waals surface area contributed by atoms with Gasteiger partial charge in [-0.05, 0) is 31.2 Å². The van der Waals surface area contributed by atoms with Gasteiger partial charge in [-0.2, -0.15) is 0 Å². The van der Waals surface area contributed by atoms with E-state index in [1.807, 2.05) is 17.0 Å². The van der Waals surface area contributed by atoms with Gasteiger partial charge in [0.05, 0.1) is 0 Å². The lowest BCUT2D eigenvalue weighted by molar-refractivity contribution is -0.133. The van der Waals surface area contributed by atoms with Gasteiger partial charge in [-0.15, -0.1) is 11.8 Å². The second-order valence-corrected chi connectivity index (χ2v) is 6.78. The van der Waals surface area contributed by atoms with Crippen LogP contribution in [0, 0.1) is 0 Å². The van der Waals surface area contributed by atoms with Crippen molar-refractivity contribution >= 4 is 33.6 Å². The van der Waals surface area contributed by atoms with Crippen molar-refractivity contribution in [3.8, 4) is 0 Å². The summed E-state index contributed by atoms with van der Waals surface area (Å²) in [4.78, 5) is 15.3. The molecule has 1 aromatic rings. The minimum atomic E-state index is 0.276. The molecule has 0 bridgehead atoms. The number of carbonyl (C=O) groups is 1. The summed E-state index contributed by atoms with van der Waals surface area (Å²) in [6, 6.07) is 8.53. The van der Waals surface area contributed by atoms with E-state index in [2.05, 4.69) is 40.3 Å². The zero-order valence-corrected chi connectivity index (χ0v) is 13.5. The Kier molecular flexibility index (Phi) is 5.73. The quantitative estimate of drug-likeness (QED) is 0.854. The van der Waals surface area contributed by atoms with Crippen LogP contribution in [-0.4, -0.2) is 42.2 Å². The van der Waals surface area contributed by atoms with Crippen molar-refractivity contribution in [2.75, 3.05) is 25.4 Å². The molecule has 0 unspecified atom stereocenters. The lowest BCUT2D eigenvalue weighted by Crippen LogP contribution is -2.52. The van der Waals surface area contributed by atoms with Crippen molar-refractivity contribution in [3.63, 3.8) is 0 Å². The molecule has 1 aromatic carbocycles. The molecule has 1 saturated heterocycles. The number of benzene rings is 1. The van der Waals surface area contributed by atoms with Gasteiger partial charge >= 0.3 is 0 Å². The largest absolute Gasteiger partial charge is 0.337 e. The number of rotatable bonds is 4. The molecule has 0 aromatic heterocycles. The van der Waals surface area contributed by atoms with Gasteiger partial charge in [0.25, 0.3) is 0 Å². The van der Waals surface area contributed by atoms with Gasteiger partial charge in [-0.3, -0.25) is 4.79 Å². The smallest absolute Gasteiger partial charge is 0.223 e. The first-order valence-electron chi connectivity index (χ1n) is 6.55. The molecule has 1 fully saturated rings. The van der Waals surface area contributed by atoms with Crippen LogP contribution in [0.5, 0.6) is 0 Å².